The fourth-order valence-electron chi connectivity index (χ4n) is 3.01. The molecular weight excluding hydrogens is 399 g/mol. The first-order valence-corrected chi connectivity index (χ1v) is 9.37. The Morgan fingerprint density at radius 3 is 2.17 bits per heavy atom. The SMILES string of the molecule is COc1ccc(CC(C(=O)O)C(C)C)cc1C(=O)NCc1ccc(C(F)(F)F)cc1. The quantitative estimate of drug-likeness (QED) is 0.654. The Kier molecular flexibility index (Phi) is 7.48. The van der Waals surface area contributed by atoms with Crippen LogP contribution in [0.3, 0.4) is 0 Å². The van der Waals surface area contributed by atoms with Gasteiger partial charge in [-0.2, -0.15) is 13.2 Å². The predicted molar refractivity (Wildman–Crippen MR) is 105 cm³/mol. The molecule has 0 saturated heterocycles. The van der Waals surface area contributed by atoms with Gasteiger partial charge >= 0.3 is 12.1 Å². The molecule has 0 aliphatic heterocycles. The van der Waals surface area contributed by atoms with Crippen molar-refractivity contribution in [2.24, 2.45) is 11.8 Å². The number of carbonyl (C=O) groups is 2. The summed E-state index contributed by atoms with van der Waals surface area (Å²) in [4.78, 5) is 24.1. The molecule has 0 spiro atoms. The Hall–Kier alpha value is -3.03. The van der Waals surface area contributed by atoms with E-state index in [1.165, 1.54) is 19.2 Å². The van der Waals surface area contributed by atoms with Gasteiger partial charge in [-0.15, -0.1) is 0 Å². The Labute approximate surface area is 172 Å². The molecule has 0 saturated carbocycles. The molecule has 0 heterocycles. The number of hydrogen-bond donors (Lipinski definition) is 2. The van der Waals surface area contributed by atoms with E-state index in [0.29, 0.717) is 16.9 Å². The lowest BCUT2D eigenvalue weighted by atomic mass is 9.89. The van der Waals surface area contributed by atoms with Crippen molar-refractivity contribution in [3.63, 3.8) is 0 Å². The van der Waals surface area contributed by atoms with Crippen molar-refractivity contribution >= 4 is 11.9 Å². The molecule has 2 aromatic rings. The van der Waals surface area contributed by atoms with Crippen LogP contribution in [0.25, 0.3) is 0 Å². The summed E-state index contributed by atoms with van der Waals surface area (Å²) in [7, 11) is 1.41. The van der Waals surface area contributed by atoms with E-state index >= 15 is 0 Å². The van der Waals surface area contributed by atoms with Crippen LogP contribution >= 0.6 is 0 Å². The van der Waals surface area contributed by atoms with Crippen LogP contribution in [-0.2, 0) is 23.9 Å². The van der Waals surface area contributed by atoms with Gasteiger partial charge in [0.05, 0.1) is 24.2 Å². The molecular formula is C22H24F3NO4. The van der Waals surface area contributed by atoms with Crippen molar-refractivity contribution in [3.05, 3.63) is 64.7 Å². The molecule has 1 amide bonds. The highest BCUT2D eigenvalue weighted by molar-refractivity contribution is 5.97. The first-order chi connectivity index (χ1) is 14.0. The number of carboxylic acids is 1. The molecule has 2 rings (SSSR count). The summed E-state index contributed by atoms with van der Waals surface area (Å²) in [6.45, 7) is 3.67. The van der Waals surface area contributed by atoms with Crippen molar-refractivity contribution in [2.75, 3.05) is 7.11 Å². The van der Waals surface area contributed by atoms with Crippen LogP contribution in [0.1, 0.15) is 40.9 Å². The summed E-state index contributed by atoms with van der Waals surface area (Å²) >= 11 is 0. The molecule has 0 aromatic heterocycles. The highest BCUT2D eigenvalue weighted by Gasteiger charge is 2.30. The molecule has 162 valence electrons. The average Bonchev–Trinajstić information content (AvgIpc) is 2.69. The van der Waals surface area contributed by atoms with E-state index in [9.17, 15) is 27.9 Å². The standard InChI is InChI=1S/C22H24F3NO4/c1-13(2)17(21(28)29)10-15-6-9-19(30-3)18(11-15)20(27)26-12-14-4-7-16(8-5-14)22(23,24)25/h4-9,11,13,17H,10,12H2,1-3H3,(H,26,27)(H,28,29). The third kappa shape index (κ3) is 5.98. The monoisotopic (exact) mass is 423 g/mol. The summed E-state index contributed by atoms with van der Waals surface area (Å²) in [6.07, 6.45) is -4.16. The van der Waals surface area contributed by atoms with Gasteiger partial charge < -0.3 is 15.2 Å². The van der Waals surface area contributed by atoms with Crippen LogP contribution in [0, 0.1) is 11.8 Å². The number of amides is 1. The molecule has 0 fully saturated rings. The van der Waals surface area contributed by atoms with Gasteiger partial charge in [0.15, 0.2) is 0 Å². The summed E-state index contributed by atoms with van der Waals surface area (Å²) in [6, 6.07) is 9.42. The lowest BCUT2D eigenvalue weighted by Crippen LogP contribution is -2.24. The zero-order valence-corrected chi connectivity index (χ0v) is 16.9. The maximum Gasteiger partial charge on any atom is 0.416 e. The fraction of sp³-hybridized carbons (Fsp3) is 0.364. The number of alkyl halides is 3. The van der Waals surface area contributed by atoms with Crippen molar-refractivity contribution in [3.8, 4) is 5.75 Å². The van der Waals surface area contributed by atoms with Gasteiger partial charge in [-0.1, -0.05) is 32.0 Å². The predicted octanol–water partition coefficient (Wildman–Crippen LogP) is 4.54. The molecule has 8 heteroatoms. The van der Waals surface area contributed by atoms with Gasteiger partial charge in [-0.05, 0) is 47.7 Å². The Morgan fingerprint density at radius 2 is 1.67 bits per heavy atom. The summed E-state index contributed by atoms with van der Waals surface area (Å²) < 4.78 is 43.2. The first kappa shape index (κ1) is 23.3. The molecule has 5 nitrogen and oxygen atoms in total. The number of benzene rings is 2. The second kappa shape index (κ2) is 9.65. The summed E-state index contributed by atoms with van der Waals surface area (Å²) in [5.74, 6) is -1.73. The van der Waals surface area contributed by atoms with E-state index in [1.54, 1.807) is 18.2 Å². The van der Waals surface area contributed by atoms with E-state index < -0.39 is 29.5 Å². The molecule has 0 bridgehead atoms. The third-order valence-corrected chi connectivity index (χ3v) is 4.82. The zero-order chi connectivity index (χ0) is 22.5. The van der Waals surface area contributed by atoms with Crippen molar-refractivity contribution in [1.82, 2.24) is 5.32 Å². The zero-order valence-electron chi connectivity index (χ0n) is 16.9. The van der Waals surface area contributed by atoms with Gasteiger partial charge in [0.1, 0.15) is 5.75 Å². The smallest absolute Gasteiger partial charge is 0.416 e. The van der Waals surface area contributed by atoms with E-state index in [1.807, 2.05) is 13.8 Å². The number of carbonyl (C=O) groups excluding carboxylic acids is 1. The maximum atomic E-state index is 12.6. The topological polar surface area (TPSA) is 75.6 Å². The van der Waals surface area contributed by atoms with Gasteiger partial charge in [-0.3, -0.25) is 9.59 Å². The van der Waals surface area contributed by atoms with Crippen molar-refractivity contribution < 1.29 is 32.6 Å². The van der Waals surface area contributed by atoms with Crippen LogP contribution < -0.4 is 10.1 Å². The van der Waals surface area contributed by atoms with Gasteiger partial charge in [0.25, 0.3) is 5.91 Å². The number of hydrogen-bond acceptors (Lipinski definition) is 3. The molecule has 2 aromatic carbocycles. The first-order valence-electron chi connectivity index (χ1n) is 9.37. The molecule has 1 unspecified atom stereocenters. The number of rotatable bonds is 8. The normalized spacial score (nSPS) is 12.5. The van der Waals surface area contributed by atoms with E-state index in [0.717, 1.165) is 12.1 Å². The molecule has 2 N–H and O–H groups in total. The largest absolute Gasteiger partial charge is 0.496 e. The van der Waals surface area contributed by atoms with Crippen LogP contribution in [0.15, 0.2) is 42.5 Å². The fourth-order valence-corrected chi connectivity index (χ4v) is 3.01. The van der Waals surface area contributed by atoms with E-state index in [-0.39, 0.29) is 24.4 Å². The molecule has 0 aliphatic rings. The highest BCUT2D eigenvalue weighted by atomic mass is 19.4. The number of carboxylic acid groups (broad SMARTS) is 1. The van der Waals surface area contributed by atoms with E-state index in [4.69, 9.17) is 4.74 Å². The van der Waals surface area contributed by atoms with Crippen molar-refractivity contribution in [1.29, 1.82) is 0 Å². The van der Waals surface area contributed by atoms with Gasteiger partial charge in [0.2, 0.25) is 0 Å². The minimum atomic E-state index is -4.42. The Morgan fingerprint density at radius 1 is 1.07 bits per heavy atom. The van der Waals surface area contributed by atoms with Crippen LogP contribution in [0.5, 0.6) is 5.75 Å². The number of halogens is 3. The lowest BCUT2D eigenvalue weighted by Gasteiger charge is -2.17. The number of methoxy groups -OCH3 is 1. The second-order valence-corrected chi connectivity index (χ2v) is 7.30. The summed E-state index contributed by atoms with van der Waals surface area (Å²) in [5, 5.41) is 12.0. The Balaban J connectivity index is 2.14. The Bertz CT molecular complexity index is 892. The van der Waals surface area contributed by atoms with Crippen LogP contribution in [0.2, 0.25) is 0 Å². The van der Waals surface area contributed by atoms with Gasteiger partial charge in [0, 0.05) is 6.54 Å². The van der Waals surface area contributed by atoms with Gasteiger partial charge in [-0.25, -0.2) is 0 Å². The second-order valence-electron chi connectivity index (χ2n) is 7.30. The average molecular weight is 423 g/mol. The number of ether oxygens (including phenoxy) is 1. The minimum absolute atomic E-state index is 0.0358. The molecule has 0 aliphatic carbocycles. The molecule has 0 radical (unpaired) electrons. The van der Waals surface area contributed by atoms with Crippen molar-refractivity contribution in [2.45, 2.75) is 33.0 Å². The highest BCUT2D eigenvalue weighted by Crippen LogP contribution is 2.29. The van der Waals surface area contributed by atoms with Crippen LogP contribution in [0.4, 0.5) is 13.2 Å². The third-order valence-electron chi connectivity index (χ3n) is 4.82. The number of nitrogens with one attached hydrogen (secondary N) is 1. The number of aliphatic carboxylic acids is 1. The van der Waals surface area contributed by atoms with E-state index in [2.05, 4.69) is 5.32 Å². The maximum absolute atomic E-state index is 12.6. The molecule has 1 atom stereocenters. The summed E-state index contributed by atoms with van der Waals surface area (Å²) in [5.41, 5.74) is 0.661. The minimum Gasteiger partial charge on any atom is -0.496 e. The molecule has 30 heavy (non-hydrogen) atoms. The van der Waals surface area contributed by atoms with Crippen LogP contribution in [-0.4, -0.2) is 24.1 Å². The lowest BCUT2D eigenvalue weighted by molar-refractivity contribution is -0.143.